The average molecular weight is 370 g/mol. The second-order valence-electron chi connectivity index (χ2n) is 6.27. The number of hydrazine groups is 1. The first-order valence-electron chi connectivity index (χ1n) is 8.62. The van der Waals surface area contributed by atoms with Gasteiger partial charge in [-0.2, -0.15) is 5.10 Å². The maximum atomic E-state index is 13.3. The Morgan fingerprint density at radius 1 is 1.35 bits per heavy atom. The molecule has 2 aliphatic rings. The first-order valence-corrected chi connectivity index (χ1v) is 8.62. The third-order valence-corrected chi connectivity index (χ3v) is 4.42. The Morgan fingerprint density at radius 3 is 2.77 bits per heavy atom. The number of amidine groups is 1. The maximum Gasteiger partial charge on any atom is 0.280 e. The van der Waals surface area contributed by atoms with Crippen molar-refractivity contribution in [2.45, 2.75) is 19.4 Å². The number of hydrogen-bond donors (Lipinski definition) is 3. The molecule has 3 N–H and O–H groups in total. The highest BCUT2D eigenvalue weighted by Crippen LogP contribution is 2.25. The lowest BCUT2D eigenvalue weighted by atomic mass is 10.1. The SMILES string of the molecule is C[C@H]1COCCN1C(=N)/C=C(\NN1CCOCC1)c1cn[nH]c1C(F)F. The standard InChI is InChI=1S/C16H24F2N6O2/c1-11-10-26-7-4-24(11)14(19)8-13(22-23-2-5-25-6-3-23)12-9-20-21-15(12)16(17)18/h8-9,11,16,19,22H,2-7,10H2,1H3,(H,20,21)/b13-8-,19-14?/t11-/m0/s1. The minimum atomic E-state index is -2.68. The molecule has 0 unspecified atom stereocenters. The fourth-order valence-electron chi connectivity index (χ4n) is 3.00. The second kappa shape index (κ2) is 8.56. The quantitative estimate of drug-likeness (QED) is 0.534. The van der Waals surface area contributed by atoms with Gasteiger partial charge in [-0.25, -0.2) is 13.8 Å². The molecule has 144 valence electrons. The van der Waals surface area contributed by atoms with E-state index in [1.807, 2.05) is 16.8 Å². The van der Waals surface area contributed by atoms with Crippen LogP contribution < -0.4 is 5.43 Å². The summed E-state index contributed by atoms with van der Waals surface area (Å²) in [6, 6.07) is 0.0519. The van der Waals surface area contributed by atoms with Gasteiger partial charge >= 0.3 is 0 Å². The number of ether oxygens (including phenoxy) is 2. The topological polar surface area (TPSA) is 89.5 Å². The number of morpholine rings is 2. The summed E-state index contributed by atoms with van der Waals surface area (Å²) in [6.45, 7) is 6.02. The minimum absolute atomic E-state index is 0.0519. The van der Waals surface area contributed by atoms with Crippen LogP contribution in [0, 0.1) is 5.41 Å². The number of nitrogens with zero attached hydrogens (tertiary/aromatic N) is 3. The van der Waals surface area contributed by atoms with Gasteiger partial charge in [0.05, 0.1) is 44.4 Å². The molecule has 10 heteroatoms. The summed E-state index contributed by atoms with van der Waals surface area (Å²) in [7, 11) is 0. The first-order chi connectivity index (χ1) is 12.6. The zero-order valence-corrected chi connectivity index (χ0v) is 14.7. The van der Waals surface area contributed by atoms with Crippen LogP contribution in [0.1, 0.15) is 24.6 Å². The number of aromatic amines is 1. The van der Waals surface area contributed by atoms with Crippen molar-refractivity contribution in [1.29, 1.82) is 5.41 Å². The molecule has 3 heterocycles. The highest BCUT2D eigenvalue weighted by Gasteiger charge is 2.24. The van der Waals surface area contributed by atoms with Crippen LogP contribution in [0.2, 0.25) is 0 Å². The first kappa shape index (κ1) is 18.7. The molecule has 2 fully saturated rings. The van der Waals surface area contributed by atoms with E-state index in [4.69, 9.17) is 14.9 Å². The Bertz CT molecular complexity index is 644. The fourth-order valence-corrected chi connectivity index (χ4v) is 3.00. The van der Waals surface area contributed by atoms with Gasteiger partial charge in [0.1, 0.15) is 11.5 Å². The smallest absolute Gasteiger partial charge is 0.280 e. The number of halogens is 2. The van der Waals surface area contributed by atoms with Crippen molar-refractivity contribution in [2.24, 2.45) is 0 Å². The zero-order chi connectivity index (χ0) is 18.5. The molecule has 2 saturated heterocycles. The summed E-state index contributed by atoms with van der Waals surface area (Å²) in [5.74, 6) is 0.248. The van der Waals surface area contributed by atoms with Gasteiger partial charge < -0.3 is 19.8 Å². The molecule has 1 aromatic heterocycles. The molecule has 2 aliphatic heterocycles. The van der Waals surface area contributed by atoms with Crippen LogP contribution in [0.25, 0.3) is 5.70 Å². The van der Waals surface area contributed by atoms with Crippen LogP contribution in [0.4, 0.5) is 8.78 Å². The third kappa shape index (κ3) is 4.37. The van der Waals surface area contributed by atoms with Gasteiger partial charge in [0.25, 0.3) is 6.43 Å². The van der Waals surface area contributed by atoms with Crippen molar-refractivity contribution in [3.8, 4) is 0 Å². The van der Waals surface area contributed by atoms with E-state index >= 15 is 0 Å². The van der Waals surface area contributed by atoms with Crippen molar-refractivity contribution in [3.63, 3.8) is 0 Å². The molecule has 26 heavy (non-hydrogen) atoms. The summed E-state index contributed by atoms with van der Waals surface area (Å²) in [6.07, 6.45) is 0.254. The van der Waals surface area contributed by atoms with Crippen molar-refractivity contribution in [1.82, 2.24) is 25.5 Å². The molecule has 0 spiro atoms. The molecule has 1 atom stereocenters. The normalized spacial score (nSPS) is 22.7. The van der Waals surface area contributed by atoms with Gasteiger partial charge in [0, 0.05) is 31.3 Å². The van der Waals surface area contributed by atoms with Crippen molar-refractivity contribution in [2.75, 3.05) is 46.1 Å². The maximum absolute atomic E-state index is 13.3. The number of aromatic nitrogens is 2. The van der Waals surface area contributed by atoms with Crippen molar-refractivity contribution >= 4 is 11.5 Å². The number of alkyl halides is 2. The molecule has 0 aromatic carbocycles. The summed E-state index contributed by atoms with van der Waals surface area (Å²) in [4.78, 5) is 1.90. The highest BCUT2D eigenvalue weighted by atomic mass is 19.3. The predicted molar refractivity (Wildman–Crippen MR) is 91.8 cm³/mol. The van der Waals surface area contributed by atoms with E-state index in [0.717, 1.165) is 0 Å². The van der Waals surface area contributed by atoms with E-state index in [9.17, 15) is 8.78 Å². The Morgan fingerprint density at radius 2 is 2.08 bits per heavy atom. The highest BCUT2D eigenvalue weighted by molar-refractivity contribution is 5.97. The minimum Gasteiger partial charge on any atom is -0.379 e. The van der Waals surface area contributed by atoms with Gasteiger partial charge in [-0.15, -0.1) is 0 Å². The lowest BCUT2D eigenvalue weighted by molar-refractivity contribution is 0.0229. The Hall–Kier alpha value is -2.04. The molecule has 0 saturated carbocycles. The summed E-state index contributed by atoms with van der Waals surface area (Å²) in [5, 5.41) is 16.4. The van der Waals surface area contributed by atoms with Crippen LogP contribution >= 0.6 is 0 Å². The molecule has 0 amide bonds. The Balaban J connectivity index is 1.86. The largest absolute Gasteiger partial charge is 0.379 e. The molecule has 3 rings (SSSR count). The molecule has 0 radical (unpaired) electrons. The van der Waals surface area contributed by atoms with E-state index in [-0.39, 0.29) is 23.1 Å². The number of H-pyrrole nitrogens is 1. The van der Waals surface area contributed by atoms with Gasteiger partial charge in [0.2, 0.25) is 0 Å². The predicted octanol–water partition coefficient (Wildman–Crippen LogP) is 1.22. The van der Waals surface area contributed by atoms with E-state index in [0.29, 0.717) is 51.8 Å². The summed E-state index contributed by atoms with van der Waals surface area (Å²) in [5.41, 5.74) is 3.57. The zero-order valence-electron chi connectivity index (χ0n) is 14.7. The molecule has 0 bridgehead atoms. The summed E-state index contributed by atoms with van der Waals surface area (Å²) < 4.78 is 37.3. The van der Waals surface area contributed by atoms with Crippen LogP contribution in [-0.2, 0) is 9.47 Å². The van der Waals surface area contributed by atoms with Gasteiger partial charge in [0.15, 0.2) is 0 Å². The second-order valence-corrected chi connectivity index (χ2v) is 6.27. The van der Waals surface area contributed by atoms with E-state index in [2.05, 4.69) is 15.6 Å². The monoisotopic (exact) mass is 370 g/mol. The van der Waals surface area contributed by atoms with Crippen LogP contribution in [-0.4, -0.2) is 78.0 Å². The van der Waals surface area contributed by atoms with Crippen molar-refractivity contribution in [3.05, 3.63) is 23.5 Å². The number of nitrogens with one attached hydrogen (secondary N) is 3. The van der Waals surface area contributed by atoms with Gasteiger partial charge in [-0.05, 0) is 6.92 Å². The van der Waals surface area contributed by atoms with Crippen LogP contribution in [0.3, 0.4) is 0 Å². The average Bonchev–Trinajstić information content (AvgIpc) is 3.12. The Labute approximate surface area is 150 Å². The van der Waals surface area contributed by atoms with E-state index < -0.39 is 6.43 Å². The van der Waals surface area contributed by atoms with E-state index in [1.54, 1.807) is 6.08 Å². The lowest BCUT2D eigenvalue weighted by Crippen LogP contribution is -2.47. The van der Waals surface area contributed by atoms with Crippen LogP contribution in [0.15, 0.2) is 12.3 Å². The number of hydrogen-bond acceptors (Lipinski definition) is 6. The number of rotatable bonds is 5. The van der Waals surface area contributed by atoms with Crippen LogP contribution in [0.5, 0.6) is 0 Å². The summed E-state index contributed by atoms with van der Waals surface area (Å²) >= 11 is 0. The van der Waals surface area contributed by atoms with Gasteiger partial charge in [-0.1, -0.05) is 0 Å². The van der Waals surface area contributed by atoms with Crippen molar-refractivity contribution < 1.29 is 18.3 Å². The molecule has 8 nitrogen and oxygen atoms in total. The molecular weight excluding hydrogens is 346 g/mol. The fraction of sp³-hybridized carbons (Fsp3) is 0.625. The Kier molecular flexibility index (Phi) is 6.17. The van der Waals surface area contributed by atoms with Gasteiger partial charge in [-0.3, -0.25) is 10.5 Å². The molecule has 0 aliphatic carbocycles. The third-order valence-electron chi connectivity index (χ3n) is 4.42. The molecule has 1 aromatic rings. The lowest BCUT2D eigenvalue weighted by Gasteiger charge is -2.35. The van der Waals surface area contributed by atoms with E-state index in [1.165, 1.54) is 6.20 Å². The molecular formula is C16H24F2N6O2.